The predicted molar refractivity (Wildman–Crippen MR) is 79.3 cm³/mol. The van der Waals surface area contributed by atoms with Crippen LogP contribution in [0.3, 0.4) is 0 Å². The summed E-state index contributed by atoms with van der Waals surface area (Å²) in [6.07, 6.45) is 0. The van der Waals surface area contributed by atoms with Crippen LogP contribution in [-0.4, -0.2) is 28.6 Å². The third-order valence-electron chi connectivity index (χ3n) is 2.51. The highest BCUT2D eigenvalue weighted by Gasteiger charge is 2.07. The fraction of sp³-hybridized carbons (Fsp3) is 0.308. The van der Waals surface area contributed by atoms with E-state index in [-0.39, 0.29) is 6.01 Å². The molecule has 0 atom stereocenters. The van der Waals surface area contributed by atoms with E-state index < -0.39 is 0 Å². The Hall–Kier alpha value is -2.08. The van der Waals surface area contributed by atoms with Crippen molar-refractivity contribution >= 4 is 23.5 Å². The van der Waals surface area contributed by atoms with Gasteiger partial charge in [-0.1, -0.05) is 29.8 Å². The Kier molecular flexibility index (Phi) is 4.95. The molecule has 2 aromatic rings. The summed E-state index contributed by atoms with van der Waals surface area (Å²) in [7, 11) is 1.74. The zero-order valence-electron chi connectivity index (χ0n) is 11.4. The molecule has 0 spiro atoms. The highest BCUT2D eigenvalue weighted by atomic mass is 35.5. The van der Waals surface area contributed by atoms with Crippen molar-refractivity contribution in [2.75, 3.05) is 24.3 Å². The third kappa shape index (κ3) is 3.71. The largest absolute Gasteiger partial charge is 0.464 e. The average molecular weight is 294 g/mol. The number of hydrogen-bond acceptors (Lipinski definition) is 6. The molecule has 0 amide bonds. The lowest BCUT2D eigenvalue weighted by Gasteiger charge is -2.09. The Morgan fingerprint density at radius 1 is 1.15 bits per heavy atom. The summed E-state index contributed by atoms with van der Waals surface area (Å²) in [5.74, 6) is 0.887. The molecule has 1 aromatic heterocycles. The first-order valence-corrected chi connectivity index (χ1v) is 6.64. The number of hydrogen-bond donors (Lipinski definition) is 2. The number of aromatic nitrogens is 3. The maximum atomic E-state index is 6.10. The van der Waals surface area contributed by atoms with Crippen LogP contribution in [0.15, 0.2) is 24.3 Å². The first-order valence-electron chi connectivity index (χ1n) is 6.26. The van der Waals surface area contributed by atoms with E-state index in [0.29, 0.717) is 30.1 Å². The molecule has 7 heteroatoms. The Balaban J connectivity index is 2.12. The van der Waals surface area contributed by atoms with Crippen molar-refractivity contribution in [2.45, 2.75) is 13.5 Å². The second kappa shape index (κ2) is 6.91. The Morgan fingerprint density at radius 3 is 2.60 bits per heavy atom. The van der Waals surface area contributed by atoms with Crippen molar-refractivity contribution in [1.82, 2.24) is 15.0 Å². The van der Waals surface area contributed by atoms with E-state index in [9.17, 15) is 0 Å². The molecule has 2 N–H and O–H groups in total. The summed E-state index contributed by atoms with van der Waals surface area (Å²) in [5, 5.41) is 6.68. The van der Waals surface area contributed by atoms with Gasteiger partial charge in [-0.3, -0.25) is 0 Å². The molecule has 106 valence electrons. The number of benzene rings is 1. The first kappa shape index (κ1) is 14.3. The highest BCUT2D eigenvalue weighted by molar-refractivity contribution is 6.31. The number of nitrogens with zero attached hydrogens (tertiary/aromatic N) is 3. The maximum Gasteiger partial charge on any atom is 0.323 e. The van der Waals surface area contributed by atoms with Crippen LogP contribution in [0.2, 0.25) is 5.02 Å². The van der Waals surface area contributed by atoms with Gasteiger partial charge in [0.1, 0.15) is 0 Å². The van der Waals surface area contributed by atoms with Crippen LogP contribution in [0.1, 0.15) is 12.5 Å². The van der Waals surface area contributed by atoms with Gasteiger partial charge < -0.3 is 15.4 Å². The topological polar surface area (TPSA) is 72.0 Å². The van der Waals surface area contributed by atoms with Crippen LogP contribution in [-0.2, 0) is 6.54 Å². The zero-order valence-corrected chi connectivity index (χ0v) is 12.1. The average Bonchev–Trinajstić information content (AvgIpc) is 2.46. The maximum absolute atomic E-state index is 6.10. The number of rotatable bonds is 6. The van der Waals surface area contributed by atoms with E-state index in [4.69, 9.17) is 16.3 Å². The van der Waals surface area contributed by atoms with Crippen LogP contribution in [0.5, 0.6) is 6.01 Å². The van der Waals surface area contributed by atoms with Crippen LogP contribution in [0.25, 0.3) is 0 Å². The van der Waals surface area contributed by atoms with Gasteiger partial charge in [0.15, 0.2) is 0 Å². The molecular formula is C13H16ClN5O. The van der Waals surface area contributed by atoms with Crippen molar-refractivity contribution in [3.8, 4) is 6.01 Å². The molecule has 0 bridgehead atoms. The monoisotopic (exact) mass is 293 g/mol. The molecule has 0 radical (unpaired) electrons. The molecule has 0 aliphatic rings. The van der Waals surface area contributed by atoms with Gasteiger partial charge in [-0.25, -0.2) is 0 Å². The Labute approximate surface area is 122 Å². The predicted octanol–water partition coefficient (Wildman–Crippen LogP) is 2.58. The van der Waals surface area contributed by atoms with E-state index in [1.165, 1.54) is 0 Å². The van der Waals surface area contributed by atoms with Gasteiger partial charge >= 0.3 is 6.01 Å². The molecule has 0 aliphatic carbocycles. The van der Waals surface area contributed by atoms with E-state index >= 15 is 0 Å². The van der Waals surface area contributed by atoms with Crippen LogP contribution >= 0.6 is 11.6 Å². The number of ether oxygens (including phenoxy) is 1. The van der Waals surface area contributed by atoms with Crippen LogP contribution in [0, 0.1) is 0 Å². The Morgan fingerprint density at radius 2 is 1.90 bits per heavy atom. The molecule has 20 heavy (non-hydrogen) atoms. The smallest absolute Gasteiger partial charge is 0.323 e. The van der Waals surface area contributed by atoms with Crippen molar-refractivity contribution in [2.24, 2.45) is 0 Å². The van der Waals surface area contributed by atoms with Gasteiger partial charge in [-0.05, 0) is 18.6 Å². The quantitative estimate of drug-likeness (QED) is 0.853. The van der Waals surface area contributed by atoms with Gasteiger partial charge in [-0.2, -0.15) is 15.0 Å². The SMILES string of the molecule is CCOc1nc(NC)nc(NCc2ccccc2Cl)n1. The molecule has 1 aromatic carbocycles. The fourth-order valence-electron chi connectivity index (χ4n) is 1.56. The number of halogens is 1. The highest BCUT2D eigenvalue weighted by Crippen LogP contribution is 2.17. The van der Waals surface area contributed by atoms with E-state index in [2.05, 4.69) is 25.6 Å². The normalized spacial score (nSPS) is 10.2. The molecule has 0 fully saturated rings. The summed E-state index contributed by atoms with van der Waals surface area (Å²) >= 11 is 6.10. The van der Waals surface area contributed by atoms with Gasteiger partial charge in [0.2, 0.25) is 11.9 Å². The summed E-state index contributed by atoms with van der Waals surface area (Å²) in [4.78, 5) is 12.5. The van der Waals surface area contributed by atoms with Gasteiger partial charge in [0.05, 0.1) is 6.61 Å². The summed E-state index contributed by atoms with van der Waals surface area (Å²) in [6, 6.07) is 7.89. The van der Waals surface area contributed by atoms with E-state index in [1.807, 2.05) is 31.2 Å². The van der Waals surface area contributed by atoms with Crippen LogP contribution < -0.4 is 15.4 Å². The summed E-state index contributed by atoms with van der Waals surface area (Å²) in [5.41, 5.74) is 0.971. The Bertz CT molecular complexity index is 578. The van der Waals surface area contributed by atoms with Gasteiger partial charge in [-0.15, -0.1) is 0 Å². The second-order valence-electron chi connectivity index (χ2n) is 3.89. The molecule has 0 saturated carbocycles. The van der Waals surface area contributed by atoms with Gasteiger partial charge in [0, 0.05) is 18.6 Å². The standard InChI is InChI=1S/C13H16ClN5O/c1-3-20-13-18-11(15-2)17-12(19-13)16-8-9-6-4-5-7-10(9)14/h4-7H,3,8H2,1-2H3,(H2,15,16,17,18,19). The molecule has 1 heterocycles. The van der Waals surface area contributed by atoms with Crippen molar-refractivity contribution in [3.63, 3.8) is 0 Å². The molecule has 0 saturated heterocycles. The van der Waals surface area contributed by atoms with Crippen LogP contribution in [0.4, 0.5) is 11.9 Å². The molecular weight excluding hydrogens is 278 g/mol. The second-order valence-corrected chi connectivity index (χ2v) is 4.30. The van der Waals surface area contributed by atoms with E-state index in [1.54, 1.807) is 7.05 Å². The first-order chi connectivity index (χ1) is 9.72. The van der Waals surface area contributed by atoms with Gasteiger partial charge in [0.25, 0.3) is 0 Å². The molecule has 0 unspecified atom stereocenters. The van der Waals surface area contributed by atoms with Crippen molar-refractivity contribution in [3.05, 3.63) is 34.9 Å². The molecule has 6 nitrogen and oxygen atoms in total. The number of anilines is 2. The zero-order chi connectivity index (χ0) is 14.4. The fourth-order valence-corrected chi connectivity index (χ4v) is 1.76. The lowest BCUT2D eigenvalue weighted by Crippen LogP contribution is -2.09. The minimum atomic E-state index is 0.286. The lowest BCUT2D eigenvalue weighted by atomic mass is 10.2. The summed E-state index contributed by atoms with van der Waals surface area (Å²) in [6.45, 7) is 2.90. The van der Waals surface area contributed by atoms with E-state index in [0.717, 1.165) is 5.56 Å². The number of nitrogens with one attached hydrogen (secondary N) is 2. The van der Waals surface area contributed by atoms with Crippen molar-refractivity contribution in [1.29, 1.82) is 0 Å². The minimum absolute atomic E-state index is 0.286. The van der Waals surface area contributed by atoms with Crippen molar-refractivity contribution < 1.29 is 4.74 Å². The third-order valence-corrected chi connectivity index (χ3v) is 2.88. The lowest BCUT2D eigenvalue weighted by molar-refractivity contribution is 0.312. The summed E-state index contributed by atoms with van der Waals surface area (Å²) < 4.78 is 5.30. The minimum Gasteiger partial charge on any atom is -0.464 e. The molecule has 0 aliphatic heterocycles. The molecule has 2 rings (SSSR count).